The molecule has 0 bridgehead atoms. The number of aromatic hydroxyl groups is 1. The van der Waals surface area contributed by atoms with Gasteiger partial charge in [0.25, 0.3) is 0 Å². The number of aromatic nitrogens is 4. The Morgan fingerprint density at radius 3 is 2.74 bits per heavy atom. The monoisotopic (exact) mass is 405 g/mol. The lowest BCUT2D eigenvalue weighted by atomic mass is 10.3. The highest BCUT2D eigenvalue weighted by Gasteiger charge is 2.20. The van der Waals surface area contributed by atoms with Gasteiger partial charge in [0, 0.05) is 5.02 Å². The number of anilines is 1. The molecule has 8 nitrogen and oxygen atoms in total. The van der Waals surface area contributed by atoms with Gasteiger partial charge in [-0.1, -0.05) is 23.4 Å². The van der Waals surface area contributed by atoms with Crippen molar-refractivity contribution in [1.82, 2.24) is 20.2 Å². The second-order valence-corrected chi connectivity index (χ2v) is 7.23. The van der Waals surface area contributed by atoms with Crippen LogP contribution in [0.5, 0.6) is 11.5 Å². The Hall–Kier alpha value is -2.78. The summed E-state index contributed by atoms with van der Waals surface area (Å²) < 4.78 is 6.73. The summed E-state index contributed by atoms with van der Waals surface area (Å²) in [7, 11) is 1.52. The summed E-state index contributed by atoms with van der Waals surface area (Å²) in [6, 6.07) is 11.4. The zero-order valence-electron chi connectivity index (χ0n) is 14.5. The molecular weight excluding hydrogens is 390 g/mol. The Labute approximate surface area is 164 Å². The molecule has 1 amide bonds. The fourth-order valence-corrected chi connectivity index (χ4v) is 3.21. The third-order valence-corrected chi connectivity index (χ3v) is 4.87. The van der Waals surface area contributed by atoms with Gasteiger partial charge in [-0.05, 0) is 59.8 Å². The molecule has 3 rings (SSSR count). The van der Waals surface area contributed by atoms with Crippen molar-refractivity contribution in [2.45, 2.75) is 17.3 Å². The van der Waals surface area contributed by atoms with Crippen LogP contribution in [0.4, 0.5) is 5.69 Å². The molecular formula is C17H16ClN5O3S. The number of phenolic OH excluding ortho intramolecular Hbond substituents is 1. The van der Waals surface area contributed by atoms with E-state index in [2.05, 4.69) is 20.8 Å². The van der Waals surface area contributed by atoms with Crippen LogP contribution in [0.15, 0.2) is 47.6 Å². The van der Waals surface area contributed by atoms with Crippen LogP contribution < -0.4 is 10.1 Å². The molecule has 1 atom stereocenters. The van der Waals surface area contributed by atoms with Crippen molar-refractivity contribution in [3.8, 4) is 17.2 Å². The minimum atomic E-state index is -0.490. The molecule has 0 fully saturated rings. The molecule has 10 heteroatoms. The molecule has 0 aliphatic heterocycles. The maximum Gasteiger partial charge on any atom is 0.237 e. The van der Waals surface area contributed by atoms with Crippen molar-refractivity contribution in [1.29, 1.82) is 0 Å². The van der Waals surface area contributed by atoms with Crippen LogP contribution in [0.25, 0.3) is 5.69 Å². The molecule has 0 aliphatic carbocycles. The van der Waals surface area contributed by atoms with Crippen molar-refractivity contribution < 1.29 is 14.6 Å². The standard InChI is InChI=1S/C17H16ClN5O3S/c1-10(16(25)19-14-9-11(18)3-8-15(14)26-2)27-17-20-21-22-23(17)12-4-6-13(24)7-5-12/h3-10,24H,1-2H3,(H,19,25)/t10-/m1/s1. The second-order valence-electron chi connectivity index (χ2n) is 5.48. The molecule has 0 saturated carbocycles. The van der Waals surface area contributed by atoms with Crippen molar-refractivity contribution in [3.05, 3.63) is 47.5 Å². The van der Waals surface area contributed by atoms with Gasteiger partial charge in [-0.3, -0.25) is 4.79 Å². The van der Waals surface area contributed by atoms with Crippen LogP contribution in [0.3, 0.4) is 0 Å². The first-order chi connectivity index (χ1) is 13.0. The zero-order chi connectivity index (χ0) is 19.4. The van der Waals surface area contributed by atoms with E-state index in [9.17, 15) is 9.90 Å². The topological polar surface area (TPSA) is 102 Å². The number of benzene rings is 2. The average Bonchev–Trinajstić information content (AvgIpc) is 3.10. The van der Waals surface area contributed by atoms with Crippen molar-refractivity contribution >= 4 is 35.0 Å². The minimum Gasteiger partial charge on any atom is -0.508 e. The Kier molecular flexibility index (Phi) is 5.82. The number of carbonyl (C=O) groups excluding carboxylic acids is 1. The summed E-state index contributed by atoms with van der Waals surface area (Å²) in [5, 5.41) is 24.2. The maximum atomic E-state index is 12.6. The van der Waals surface area contributed by atoms with Crippen LogP contribution in [-0.4, -0.2) is 43.6 Å². The van der Waals surface area contributed by atoms with E-state index in [0.717, 1.165) is 0 Å². The molecule has 1 aromatic heterocycles. The van der Waals surface area contributed by atoms with Crippen LogP contribution in [0.1, 0.15) is 6.92 Å². The lowest BCUT2D eigenvalue weighted by molar-refractivity contribution is -0.115. The molecule has 140 valence electrons. The van der Waals surface area contributed by atoms with Gasteiger partial charge >= 0.3 is 0 Å². The number of nitrogens with one attached hydrogen (secondary N) is 1. The van der Waals surface area contributed by atoms with E-state index in [1.54, 1.807) is 37.3 Å². The summed E-state index contributed by atoms with van der Waals surface area (Å²) in [5.74, 6) is 0.406. The number of tetrazole rings is 1. The molecule has 2 aromatic carbocycles. The molecule has 2 N–H and O–H groups in total. The number of hydrogen-bond acceptors (Lipinski definition) is 7. The number of nitrogens with zero attached hydrogens (tertiary/aromatic N) is 4. The van der Waals surface area contributed by atoms with E-state index in [0.29, 0.717) is 27.3 Å². The van der Waals surface area contributed by atoms with E-state index in [1.807, 2.05) is 0 Å². The minimum absolute atomic E-state index is 0.143. The largest absolute Gasteiger partial charge is 0.508 e. The fourth-order valence-electron chi connectivity index (χ4n) is 2.23. The first-order valence-electron chi connectivity index (χ1n) is 7.87. The SMILES string of the molecule is COc1ccc(Cl)cc1NC(=O)[C@@H](C)Sc1nnnn1-c1ccc(O)cc1. The quantitative estimate of drug-likeness (QED) is 0.607. The third kappa shape index (κ3) is 4.50. The predicted molar refractivity (Wildman–Crippen MR) is 103 cm³/mol. The lowest BCUT2D eigenvalue weighted by Crippen LogP contribution is -2.23. The Balaban J connectivity index is 1.74. The summed E-state index contributed by atoms with van der Waals surface area (Å²) in [6.45, 7) is 1.74. The molecule has 0 aliphatic rings. The molecule has 3 aromatic rings. The number of methoxy groups -OCH3 is 1. The predicted octanol–water partition coefficient (Wildman–Crippen LogP) is 3.15. The van der Waals surface area contributed by atoms with Gasteiger partial charge in [-0.25, -0.2) is 0 Å². The van der Waals surface area contributed by atoms with Gasteiger partial charge in [0.05, 0.1) is 23.7 Å². The van der Waals surface area contributed by atoms with E-state index < -0.39 is 5.25 Å². The highest BCUT2D eigenvalue weighted by atomic mass is 35.5. The lowest BCUT2D eigenvalue weighted by Gasteiger charge is -2.14. The fraction of sp³-hybridized carbons (Fsp3) is 0.176. The van der Waals surface area contributed by atoms with Gasteiger partial charge in [0.1, 0.15) is 11.5 Å². The van der Waals surface area contributed by atoms with E-state index >= 15 is 0 Å². The Morgan fingerprint density at radius 1 is 1.30 bits per heavy atom. The summed E-state index contributed by atoms with van der Waals surface area (Å²) in [4.78, 5) is 12.6. The van der Waals surface area contributed by atoms with Crippen molar-refractivity contribution in [3.63, 3.8) is 0 Å². The Bertz CT molecular complexity index is 948. The summed E-state index contributed by atoms with van der Waals surface area (Å²) >= 11 is 7.19. The van der Waals surface area contributed by atoms with E-state index in [-0.39, 0.29) is 11.7 Å². The van der Waals surface area contributed by atoms with Gasteiger partial charge in [0.15, 0.2) is 0 Å². The summed E-state index contributed by atoms with van der Waals surface area (Å²) in [5.41, 5.74) is 1.16. The number of rotatable bonds is 6. The van der Waals surface area contributed by atoms with Crippen molar-refractivity contribution in [2.24, 2.45) is 0 Å². The first-order valence-corrected chi connectivity index (χ1v) is 9.12. The number of thioether (sulfide) groups is 1. The maximum absolute atomic E-state index is 12.6. The smallest absolute Gasteiger partial charge is 0.237 e. The average molecular weight is 406 g/mol. The van der Waals surface area contributed by atoms with Gasteiger partial charge < -0.3 is 15.2 Å². The number of halogens is 1. The molecule has 0 unspecified atom stereocenters. The van der Waals surface area contributed by atoms with E-state index in [1.165, 1.54) is 35.7 Å². The van der Waals surface area contributed by atoms with Gasteiger partial charge in [0.2, 0.25) is 11.1 Å². The van der Waals surface area contributed by atoms with Crippen molar-refractivity contribution in [2.75, 3.05) is 12.4 Å². The number of ether oxygens (including phenoxy) is 1. The van der Waals surface area contributed by atoms with E-state index in [4.69, 9.17) is 16.3 Å². The van der Waals surface area contributed by atoms with Crippen LogP contribution in [0.2, 0.25) is 5.02 Å². The number of hydrogen-bond donors (Lipinski definition) is 2. The van der Waals surface area contributed by atoms with Crippen LogP contribution in [0, 0.1) is 0 Å². The highest BCUT2D eigenvalue weighted by Crippen LogP contribution is 2.29. The second kappa shape index (κ2) is 8.28. The number of carbonyl (C=O) groups is 1. The van der Waals surface area contributed by atoms with Gasteiger partial charge in [-0.2, -0.15) is 4.68 Å². The summed E-state index contributed by atoms with van der Waals surface area (Å²) in [6.07, 6.45) is 0. The Morgan fingerprint density at radius 2 is 2.04 bits per heavy atom. The van der Waals surface area contributed by atoms with Crippen LogP contribution in [-0.2, 0) is 4.79 Å². The highest BCUT2D eigenvalue weighted by molar-refractivity contribution is 8.00. The molecule has 0 saturated heterocycles. The number of amides is 1. The van der Waals surface area contributed by atoms with Crippen LogP contribution >= 0.6 is 23.4 Å². The van der Waals surface area contributed by atoms with Gasteiger partial charge in [-0.15, -0.1) is 5.10 Å². The third-order valence-electron chi connectivity index (χ3n) is 3.61. The molecule has 0 radical (unpaired) electrons. The normalized spacial score (nSPS) is 11.8. The number of phenols is 1. The molecule has 1 heterocycles. The molecule has 27 heavy (non-hydrogen) atoms. The molecule has 0 spiro atoms. The zero-order valence-corrected chi connectivity index (χ0v) is 16.0. The first kappa shape index (κ1) is 19.0.